The molecule has 5 atom stereocenters. The van der Waals surface area contributed by atoms with Crippen LogP contribution in [0.15, 0.2) is 4.99 Å². The Balaban J connectivity index is 2.30. The zero-order valence-corrected chi connectivity index (χ0v) is 15.0. The lowest BCUT2D eigenvalue weighted by atomic mass is 10.2. The van der Waals surface area contributed by atoms with Crippen molar-refractivity contribution < 1.29 is 27.6 Å². The van der Waals surface area contributed by atoms with Crippen molar-refractivity contribution in [1.82, 2.24) is 0 Å². The monoisotopic (exact) mass is 386 g/mol. The summed E-state index contributed by atoms with van der Waals surface area (Å²) in [5.74, 6) is -0.212. The van der Waals surface area contributed by atoms with Crippen molar-refractivity contribution in [2.75, 3.05) is 19.0 Å². The van der Waals surface area contributed by atoms with E-state index >= 15 is 0 Å². The number of hydrogen-bond acceptors (Lipinski definition) is 8. The van der Waals surface area contributed by atoms with E-state index in [2.05, 4.69) is 4.99 Å². The van der Waals surface area contributed by atoms with Gasteiger partial charge in [-0.15, -0.1) is 11.8 Å². The van der Waals surface area contributed by atoms with Gasteiger partial charge in [-0.3, -0.25) is 19.4 Å². The van der Waals surface area contributed by atoms with Gasteiger partial charge in [-0.25, -0.2) is 8.96 Å². The molecule has 0 aromatic carbocycles. The summed E-state index contributed by atoms with van der Waals surface area (Å²) >= 11 is 1.30. The molecule has 0 spiro atoms. The number of nitrogens with zero attached hydrogens (tertiary/aromatic N) is 1. The summed E-state index contributed by atoms with van der Waals surface area (Å²) in [4.78, 5) is 13.4. The summed E-state index contributed by atoms with van der Waals surface area (Å²) < 4.78 is 39.9. The third-order valence-electron chi connectivity index (χ3n) is 2.90. The van der Waals surface area contributed by atoms with Crippen LogP contribution < -0.4 is 11.5 Å². The van der Waals surface area contributed by atoms with Crippen LogP contribution in [0.2, 0.25) is 0 Å². The van der Waals surface area contributed by atoms with Gasteiger partial charge in [0.1, 0.15) is 11.3 Å². The topological polar surface area (TPSA) is 153 Å². The minimum Gasteiger partial charge on any atom is -0.385 e. The average Bonchev–Trinajstić information content (AvgIpc) is 2.97. The first-order valence-corrected chi connectivity index (χ1v) is 9.93. The van der Waals surface area contributed by atoms with Crippen molar-refractivity contribution in [1.29, 1.82) is 5.41 Å². The largest absolute Gasteiger partial charge is 0.472 e. The quantitative estimate of drug-likeness (QED) is 0.233. The molecule has 24 heavy (non-hydrogen) atoms. The number of amidine groups is 1. The fourth-order valence-corrected chi connectivity index (χ4v) is 3.49. The summed E-state index contributed by atoms with van der Waals surface area (Å²) in [5.41, 5.74) is 10.1. The van der Waals surface area contributed by atoms with Gasteiger partial charge >= 0.3 is 7.82 Å². The molecule has 1 aliphatic heterocycles. The van der Waals surface area contributed by atoms with Crippen LogP contribution in [0.4, 0.5) is 4.39 Å². The molecule has 0 aliphatic carbocycles. The first kappa shape index (κ1) is 21.5. The number of phosphoric acid groups is 1. The van der Waals surface area contributed by atoms with E-state index in [0.29, 0.717) is 12.2 Å². The number of rotatable bonds is 11. The van der Waals surface area contributed by atoms with Crippen LogP contribution in [0.3, 0.4) is 0 Å². The summed E-state index contributed by atoms with van der Waals surface area (Å²) in [6.07, 6.45) is 0.0348. The second-order valence-electron chi connectivity index (χ2n) is 5.12. The normalized spacial score (nSPS) is 26.3. The second-order valence-corrected chi connectivity index (χ2v) is 7.76. The standard InChI is InChI=1S/C12H24FN4O5PS/c1-2-3-8(14)5-20-23(18,19)21-6-11-22-10(7-24-11)17-4-9(13)12(15)16/h4,8-11H,2-3,5-7,14H2,1H3,(H3,15,16)(H,18,19). The SMILES string of the molecule is CCCC(N)COP(=O)(O)OCC1OC(N=CC(F)C(=N)N)CS1. The molecule has 0 aromatic heterocycles. The van der Waals surface area contributed by atoms with Crippen LogP contribution in [0.1, 0.15) is 19.8 Å². The van der Waals surface area contributed by atoms with Crippen LogP contribution in [-0.2, 0) is 18.3 Å². The lowest BCUT2D eigenvalue weighted by Crippen LogP contribution is -2.26. The van der Waals surface area contributed by atoms with Crippen LogP contribution in [0.25, 0.3) is 0 Å². The van der Waals surface area contributed by atoms with Crippen molar-refractivity contribution in [3.8, 4) is 0 Å². The van der Waals surface area contributed by atoms with E-state index in [0.717, 1.165) is 12.6 Å². The molecule has 1 aliphatic rings. The summed E-state index contributed by atoms with van der Waals surface area (Å²) in [5, 5.41) is 6.91. The molecule has 1 heterocycles. The van der Waals surface area contributed by atoms with Gasteiger partial charge < -0.3 is 21.1 Å². The molecular weight excluding hydrogens is 362 g/mol. The Labute approximate surface area is 144 Å². The van der Waals surface area contributed by atoms with E-state index in [1.54, 1.807) is 0 Å². The molecule has 0 radical (unpaired) electrons. The van der Waals surface area contributed by atoms with Gasteiger partial charge in [0.25, 0.3) is 0 Å². The highest BCUT2D eigenvalue weighted by molar-refractivity contribution is 8.00. The van der Waals surface area contributed by atoms with E-state index < -0.39 is 31.5 Å². The molecule has 0 saturated carbocycles. The first-order chi connectivity index (χ1) is 11.2. The zero-order chi connectivity index (χ0) is 18.2. The van der Waals surface area contributed by atoms with Crippen molar-refractivity contribution in [3.63, 3.8) is 0 Å². The third-order valence-corrected chi connectivity index (χ3v) is 4.95. The number of aliphatic imine (C=N–C) groups is 1. The Kier molecular flexibility index (Phi) is 9.35. The lowest BCUT2D eigenvalue weighted by Gasteiger charge is -2.17. The number of thioether (sulfide) groups is 1. The van der Waals surface area contributed by atoms with E-state index in [4.69, 9.17) is 30.7 Å². The van der Waals surface area contributed by atoms with Gasteiger partial charge in [-0.2, -0.15) is 0 Å². The van der Waals surface area contributed by atoms with Crippen molar-refractivity contribution >= 4 is 31.6 Å². The Morgan fingerprint density at radius 3 is 3.00 bits per heavy atom. The van der Waals surface area contributed by atoms with Gasteiger partial charge in [-0.05, 0) is 6.42 Å². The van der Waals surface area contributed by atoms with Crippen LogP contribution in [-0.4, -0.2) is 59.8 Å². The van der Waals surface area contributed by atoms with E-state index in [1.807, 2.05) is 6.92 Å². The van der Waals surface area contributed by atoms with Crippen LogP contribution in [0.5, 0.6) is 0 Å². The fraction of sp³-hybridized carbons (Fsp3) is 0.833. The number of alkyl halides is 1. The molecule has 140 valence electrons. The van der Waals surface area contributed by atoms with Crippen LogP contribution >= 0.6 is 19.6 Å². The van der Waals surface area contributed by atoms with Gasteiger partial charge in [0.05, 0.1) is 13.2 Å². The molecule has 6 N–H and O–H groups in total. The number of hydrogen-bond donors (Lipinski definition) is 4. The Morgan fingerprint density at radius 2 is 2.38 bits per heavy atom. The molecular formula is C12H24FN4O5PS. The second kappa shape index (κ2) is 10.4. The predicted octanol–water partition coefficient (Wildman–Crippen LogP) is 1.01. The molecule has 12 heteroatoms. The fourth-order valence-electron chi connectivity index (χ4n) is 1.70. The van der Waals surface area contributed by atoms with Gasteiger partial charge in [0, 0.05) is 18.0 Å². The molecule has 0 bridgehead atoms. The van der Waals surface area contributed by atoms with Crippen LogP contribution in [0, 0.1) is 5.41 Å². The number of nitrogens with two attached hydrogens (primary N) is 2. The molecule has 1 saturated heterocycles. The molecule has 1 fully saturated rings. The number of nitrogens with one attached hydrogen (secondary N) is 1. The molecule has 1 rings (SSSR count). The minimum absolute atomic E-state index is 0.0733. The maximum absolute atomic E-state index is 13.1. The minimum atomic E-state index is -4.20. The number of halogens is 1. The zero-order valence-electron chi connectivity index (χ0n) is 13.3. The smallest absolute Gasteiger partial charge is 0.385 e. The summed E-state index contributed by atoms with van der Waals surface area (Å²) in [7, 11) is -4.20. The third kappa shape index (κ3) is 8.52. The highest BCUT2D eigenvalue weighted by Crippen LogP contribution is 2.44. The maximum Gasteiger partial charge on any atom is 0.472 e. The van der Waals surface area contributed by atoms with E-state index in [1.165, 1.54) is 11.8 Å². The maximum atomic E-state index is 13.1. The van der Waals surface area contributed by atoms with Crippen molar-refractivity contribution in [2.24, 2.45) is 16.5 Å². The Morgan fingerprint density at radius 1 is 1.67 bits per heavy atom. The van der Waals surface area contributed by atoms with Gasteiger partial charge in [-0.1, -0.05) is 13.3 Å². The highest BCUT2D eigenvalue weighted by atomic mass is 32.2. The first-order valence-electron chi connectivity index (χ1n) is 7.39. The van der Waals surface area contributed by atoms with Gasteiger partial charge in [0.2, 0.25) is 0 Å². The molecule has 0 aromatic rings. The lowest BCUT2D eigenvalue weighted by molar-refractivity contribution is 0.0331. The molecule has 0 amide bonds. The highest BCUT2D eigenvalue weighted by Gasteiger charge is 2.30. The summed E-state index contributed by atoms with van der Waals surface area (Å²) in [6.45, 7) is 1.69. The van der Waals surface area contributed by atoms with Gasteiger partial charge in [0.15, 0.2) is 12.4 Å². The Bertz CT molecular complexity index is 486. The van der Waals surface area contributed by atoms with E-state index in [9.17, 15) is 13.8 Å². The predicted molar refractivity (Wildman–Crippen MR) is 91.0 cm³/mol. The average molecular weight is 386 g/mol. The van der Waals surface area contributed by atoms with E-state index in [-0.39, 0.29) is 19.3 Å². The number of ether oxygens (including phenoxy) is 1. The van der Waals surface area contributed by atoms with Crippen molar-refractivity contribution in [2.45, 2.75) is 43.6 Å². The molecule has 9 nitrogen and oxygen atoms in total. The number of phosphoric ester groups is 1. The van der Waals surface area contributed by atoms with Crippen molar-refractivity contribution in [3.05, 3.63) is 0 Å². The molecule has 5 unspecified atom stereocenters. The summed E-state index contributed by atoms with van der Waals surface area (Å²) in [6, 6.07) is -0.329. The Hall–Kier alpha value is -0.550.